The Morgan fingerprint density at radius 3 is 2.39 bits per heavy atom. The number of nitrogens with zero attached hydrogens (tertiary/aromatic N) is 1. The molecule has 0 radical (unpaired) electrons. The summed E-state index contributed by atoms with van der Waals surface area (Å²) in [4.78, 5) is 19.5. The van der Waals surface area contributed by atoms with E-state index in [1.54, 1.807) is 0 Å². The van der Waals surface area contributed by atoms with Gasteiger partial charge >= 0.3 is 0 Å². The van der Waals surface area contributed by atoms with Crippen LogP contribution in [0.5, 0.6) is 0 Å². The van der Waals surface area contributed by atoms with Crippen molar-refractivity contribution in [2.24, 2.45) is 0 Å². The van der Waals surface area contributed by atoms with Gasteiger partial charge in [0, 0.05) is 16.8 Å². The lowest BCUT2D eigenvalue weighted by molar-refractivity contribution is 0.814. The Labute approximate surface area is 107 Å². The predicted octanol–water partition coefficient (Wildman–Crippen LogP) is 3.18. The minimum atomic E-state index is -0.0317. The molecule has 3 nitrogen and oxygen atoms in total. The van der Waals surface area contributed by atoms with Crippen molar-refractivity contribution in [1.29, 1.82) is 0 Å². The maximum absolute atomic E-state index is 12.1. The van der Waals surface area contributed by atoms with Gasteiger partial charge in [0.1, 0.15) is 5.82 Å². The molecule has 0 saturated heterocycles. The van der Waals surface area contributed by atoms with E-state index in [2.05, 4.69) is 9.97 Å². The summed E-state index contributed by atoms with van der Waals surface area (Å²) in [5, 5.41) is 0. The van der Waals surface area contributed by atoms with Crippen LogP contribution in [0.4, 0.5) is 0 Å². The lowest BCUT2D eigenvalue weighted by Gasteiger charge is -2.11. The molecule has 0 atom stereocenters. The maximum atomic E-state index is 12.1. The normalized spacial score (nSPS) is 10.9. The fraction of sp³-hybridized carbons (Fsp3) is 0.333. The van der Waals surface area contributed by atoms with Gasteiger partial charge < -0.3 is 4.98 Å². The van der Waals surface area contributed by atoms with Gasteiger partial charge in [0.05, 0.1) is 0 Å². The third-order valence-corrected chi connectivity index (χ3v) is 3.12. The molecule has 0 aliphatic carbocycles. The summed E-state index contributed by atoms with van der Waals surface area (Å²) in [5.41, 5.74) is 3.64. The minimum Gasteiger partial charge on any atom is -0.306 e. The van der Waals surface area contributed by atoms with Gasteiger partial charge in [0.2, 0.25) is 0 Å². The highest BCUT2D eigenvalue weighted by atomic mass is 16.1. The topological polar surface area (TPSA) is 45.8 Å². The summed E-state index contributed by atoms with van der Waals surface area (Å²) in [7, 11) is 0. The summed E-state index contributed by atoms with van der Waals surface area (Å²) in [6.45, 7) is 7.92. The van der Waals surface area contributed by atoms with E-state index in [0.717, 1.165) is 22.4 Å². The van der Waals surface area contributed by atoms with Crippen LogP contribution in [0.1, 0.15) is 36.6 Å². The fourth-order valence-electron chi connectivity index (χ4n) is 2.24. The Morgan fingerprint density at radius 1 is 1.17 bits per heavy atom. The zero-order chi connectivity index (χ0) is 13.3. The molecule has 1 aromatic carbocycles. The van der Waals surface area contributed by atoms with Crippen molar-refractivity contribution < 1.29 is 0 Å². The molecule has 0 amide bonds. The van der Waals surface area contributed by atoms with Gasteiger partial charge in [-0.05, 0) is 25.3 Å². The minimum absolute atomic E-state index is 0.0317. The van der Waals surface area contributed by atoms with Gasteiger partial charge in [0.15, 0.2) is 0 Å². The van der Waals surface area contributed by atoms with E-state index in [1.165, 1.54) is 0 Å². The van der Waals surface area contributed by atoms with Crippen LogP contribution in [0.3, 0.4) is 0 Å². The molecule has 2 aromatic rings. The van der Waals surface area contributed by atoms with Crippen LogP contribution in [0.25, 0.3) is 11.4 Å². The smallest absolute Gasteiger partial charge is 0.254 e. The van der Waals surface area contributed by atoms with Crippen molar-refractivity contribution >= 4 is 0 Å². The summed E-state index contributed by atoms with van der Waals surface area (Å²) in [6, 6.07) is 7.92. The molecule has 0 fully saturated rings. The Bertz CT molecular complexity index is 627. The Hall–Kier alpha value is -1.90. The standard InChI is InChI=1S/C15H18N2O/c1-9(2)13-11(4)16-14(17-15(13)18)12-8-6-5-7-10(12)3/h5-9H,1-4H3,(H,16,17,18). The lowest BCUT2D eigenvalue weighted by Crippen LogP contribution is -2.18. The van der Waals surface area contributed by atoms with E-state index in [4.69, 9.17) is 0 Å². The second kappa shape index (κ2) is 4.77. The van der Waals surface area contributed by atoms with Crippen molar-refractivity contribution in [3.63, 3.8) is 0 Å². The number of benzene rings is 1. The number of hydrogen-bond donors (Lipinski definition) is 1. The first-order valence-electron chi connectivity index (χ1n) is 6.17. The van der Waals surface area contributed by atoms with E-state index >= 15 is 0 Å². The van der Waals surface area contributed by atoms with Gasteiger partial charge in [0.25, 0.3) is 5.56 Å². The lowest BCUT2D eigenvalue weighted by atomic mass is 10.0. The second-order valence-electron chi connectivity index (χ2n) is 4.88. The van der Waals surface area contributed by atoms with Crippen LogP contribution >= 0.6 is 0 Å². The number of H-pyrrole nitrogens is 1. The number of nitrogens with one attached hydrogen (secondary N) is 1. The second-order valence-corrected chi connectivity index (χ2v) is 4.88. The van der Waals surface area contributed by atoms with Crippen LogP contribution < -0.4 is 5.56 Å². The third-order valence-electron chi connectivity index (χ3n) is 3.12. The van der Waals surface area contributed by atoms with Crippen molar-refractivity contribution in [1.82, 2.24) is 9.97 Å². The van der Waals surface area contributed by atoms with Gasteiger partial charge in [-0.1, -0.05) is 38.1 Å². The van der Waals surface area contributed by atoms with Gasteiger partial charge in [-0.2, -0.15) is 0 Å². The Morgan fingerprint density at radius 2 is 1.83 bits per heavy atom. The van der Waals surface area contributed by atoms with Crippen LogP contribution in [0, 0.1) is 13.8 Å². The molecule has 0 spiro atoms. The van der Waals surface area contributed by atoms with Crippen LogP contribution in [0.2, 0.25) is 0 Å². The first-order valence-corrected chi connectivity index (χ1v) is 6.17. The zero-order valence-electron chi connectivity index (χ0n) is 11.2. The zero-order valence-corrected chi connectivity index (χ0v) is 11.2. The summed E-state index contributed by atoms with van der Waals surface area (Å²) in [6.07, 6.45) is 0. The highest BCUT2D eigenvalue weighted by Crippen LogP contribution is 2.20. The number of hydrogen-bond acceptors (Lipinski definition) is 2. The Balaban J connectivity index is 2.63. The average Bonchev–Trinajstić information content (AvgIpc) is 2.27. The molecule has 0 bridgehead atoms. The fourth-order valence-corrected chi connectivity index (χ4v) is 2.24. The Kier molecular flexibility index (Phi) is 3.32. The van der Waals surface area contributed by atoms with Gasteiger partial charge in [-0.3, -0.25) is 4.79 Å². The summed E-state index contributed by atoms with van der Waals surface area (Å²) < 4.78 is 0. The quantitative estimate of drug-likeness (QED) is 0.879. The first kappa shape index (κ1) is 12.6. The molecule has 0 aliphatic rings. The van der Waals surface area contributed by atoms with Crippen molar-refractivity contribution in [2.45, 2.75) is 33.6 Å². The van der Waals surface area contributed by atoms with E-state index in [-0.39, 0.29) is 11.5 Å². The summed E-state index contributed by atoms with van der Waals surface area (Å²) in [5.74, 6) is 0.840. The molecule has 1 aromatic heterocycles. The molecule has 94 valence electrons. The maximum Gasteiger partial charge on any atom is 0.254 e. The highest BCUT2D eigenvalue weighted by Gasteiger charge is 2.13. The molecule has 0 saturated carbocycles. The van der Waals surface area contributed by atoms with E-state index < -0.39 is 0 Å². The number of aromatic nitrogens is 2. The largest absolute Gasteiger partial charge is 0.306 e. The molecule has 3 heteroatoms. The predicted molar refractivity (Wildman–Crippen MR) is 73.9 cm³/mol. The average molecular weight is 242 g/mol. The van der Waals surface area contributed by atoms with Crippen molar-refractivity contribution in [3.05, 3.63) is 51.4 Å². The van der Waals surface area contributed by atoms with Crippen LogP contribution in [0.15, 0.2) is 29.1 Å². The van der Waals surface area contributed by atoms with Crippen LogP contribution in [-0.2, 0) is 0 Å². The number of rotatable bonds is 2. The highest BCUT2D eigenvalue weighted by molar-refractivity contribution is 5.59. The van der Waals surface area contributed by atoms with E-state index in [1.807, 2.05) is 52.0 Å². The first-order chi connectivity index (χ1) is 8.50. The summed E-state index contributed by atoms with van der Waals surface area (Å²) >= 11 is 0. The van der Waals surface area contributed by atoms with Gasteiger partial charge in [-0.15, -0.1) is 0 Å². The molecule has 18 heavy (non-hydrogen) atoms. The number of aryl methyl sites for hydroxylation is 2. The van der Waals surface area contributed by atoms with Crippen molar-refractivity contribution in [2.75, 3.05) is 0 Å². The monoisotopic (exact) mass is 242 g/mol. The molecule has 0 unspecified atom stereocenters. The van der Waals surface area contributed by atoms with Crippen molar-refractivity contribution in [3.8, 4) is 11.4 Å². The molecular weight excluding hydrogens is 224 g/mol. The molecule has 1 heterocycles. The number of aromatic amines is 1. The molecular formula is C15H18N2O. The molecule has 0 aliphatic heterocycles. The van der Waals surface area contributed by atoms with E-state index in [9.17, 15) is 4.79 Å². The van der Waals surface area contributed by atoms with E-state index in [0.29, 0.717) is 5.82 Å². The third kappa shape index (κ3) is 2.21. The van der Waals surface area contributed by atoms with Gasteiger partial charge in [-0.25, -0.2) is 4.98 Å². The SMILES string of the molecule is Cc1ccccc1-c1nc(C)c(C(C)C)c(=O)[nH]1. The molecule has 1 N–H and O–H groups in total. The molecule has 2 rings (SSSR count). The van der Waals surface area contributed by atoms with Crippen LogP contribution in [-0.4, -0.2) is 9.97 Å².